The molecule has 1 aromatic carbocycles. The number of aliphatic carboxylic acids is 1. The summed E-state index contributed by atoms with van der Waals surface area (Å²) in [6.07, 6.45) is 0.932. The van der Waals surface area contributed by atoms with Gasteiger partial charge in [-0.3, -0.25) is 4.79 Å². The normalized spacial score (nSPS) is 13.1. The van der Waals surface area contributed by atoms with Crippen LogP contribution < -0.4 is 5.32 Å². The van der Waals surface area contributed by atoms with Gasteiger partial charge >= 0.3 is 11.7 Å². The number of nitrogens with one attached hydrogen (secondary N) is 1. The molecular formula is C13H17F2NO4S. The van der Waals surface area contributed by atoms with Gasteiger partial charge in [-0.1, -0.05) is 25.5 Å². The number of halogens is 2. The van der Waals surface area contributed by atoms with Crippen LogP contribution in [-0.4, -0.2) is 31.3 Å². The Kier molecular flexibility index (Phi) is 6.07. The van der Waals surface area contributed by atoms with Crippen molar-refractivity contribution in [2.75, 3.05) is 5.32 Å². The Bertz CT molecular complexity index is 590. The molecule has 0 saturated carbocycles. The molecule has 1 unspecified atom stereocenters. The Morgan fingerprint density at radius 2 is 1.95 bits per heavy atom. The second kappa shape index (κ2) is 7.35. The van der Waals surface area contributed by atoms with Crippen LogP contribution in [0.4, 0.5) is 14.5 Å². The van der Waals surface area contributed by atoms with E-state index in [0.717, 1.165) is 6.07 Å². The molecule has 5 nitrogen and oxygen atoms in total. The van der Waals surface area contributed by atoms with Crippen molar-refractivity contribution in [1.29, 1.82) is 0 Å². The number of carboxylic acid groups (broad SMARTS) is 1. The van der Waals surface area contributed by atoms with Crippen molar-refractivity contribution in [3.05, 3.63) is 24.3 Å². The van der Waals surface area contributed by atoms with E-state index in [1.807, 2.05) is 6.92 Å². The van der Waals surface area contributed by atoms with Gasteiger partial charge in [0.25, 0.3) is 0 Å². The van der Waals surface area contributed by atoms with Crippen molar-refractivity contribution in [1.82, 2.24) is 0 Å². The van der Waals surface area contributed by atoms with Gasteiger partial charge in [0.15, 0.2) is 0 Å². The summed E-state index contributed by atoms with van der Waals surface area (Å²) in [4.78, 5) is 10.3. The Balaban J connectivity index is 3.10. The Hall–Kier alpha value is -1.70. The van der Waals surface area contributed by atoms with Crippen LogP contribution in [0.1, 0.15) is 26.2 Å². The van der Waals surface area contributed by atoms with Gasteiger partial charge in [0.1, 0.15) is 0 Å². The molecule has 2 N–H and O–H groups in total. The lowest BCUT2D eigenvalue weighted by atomic mass is 10.1. The molecule has 1 atom stereocenters. The fourth-order valence-electron chi connectivity index (χ4n) is 1.93. The molecule has 0 amide bonds. The molecule has 0 aliphatic rings. The maximum Gasteiger partial charge on any atom is 0.341 e. The zero-order valence-electron chi connectivity index (χ0n) is 11.4. The molecule has 0 radical (unpaired) electrons. The number of hydrogen-bond donors (Lipinski definition) is 2. The van der Waals surface area contributed by atoms with E-state index in [9.17, 15) is 22.0 Å². The number of carbonyl (C=O) groups is 1. The van der Waals surface area contributed by atoms with E-state index in [-0.39, 0.29) is 12.1 Å². The first-order valence-electron chi connectivity index (χ1n) is 6.38. The second-order valence-corrected chi connectivity index (χ2v) is 6.42. The number of hydrogen-bond acceptors (Lipinski definition) is 4. The predicted octanol–water partition coefficient (Wildman–Crippen LogP) is 2.74. The Labute approximate surface area is 121 Å². The highest BCUT2D eigenvalue weighted by Gasteiger charge is 2.29. The van der Waals surface area contributed by atoms with Crippen molar-refractivity contribution in [3.8, 4) is 0 Å². The molecule has 118 valence electrons. The number of carboxylic acids is 1. The van der Waals surface area contributed by atoms with Crippen LogP contribution in [0.15, 0.2) is 29.2 Å². The Morgan fingerprint density at radius 3 is 2.48 bits per heavy atom. The SMILES string of the molecule is CCCC(CC(=O)O)Nc1ccccc1S(=O)(=O)C(F)F. The summed E-state index contributed by atoms with van der Waals surface area (Å²) in [5, 5.41) is 11.6. The van der Waals surface area contributed by atoms with Crippen molar-refractivity contribution in [2.24, 2.45) is 0 Å². The smallest absolute Gasteiger partial charge is 0.341 e. The summed E-state index contributed by atoms with van der Waals surface area (Å²) in [5.74, 6) is -4.57. The van der Waals surface area contributed by atoms with Gasteiger partial charge in [-0.25, -0.2) is 8.42 Å². The van der Waals surface area contributed by atoms with Crippen LogP contribution in [0.5, 0.6) is 0 Å². The summed E-state index contributed by atoms with van der Waals surface area (Å²) in [6, 6.07) is 4.73. The number of anilines is 1. The monoisotopic (exact) mass is 321 g/mol. The quantitative estimate of drug-likeness (QED) is 0.769. The topological polar surface area (TPSA) is 83.5 Å². The molecule has 21 heavy (non-hydrogen) atoms. The van der Waals surface area contributed by atoms with E-state index in [1.165, 1.54) is 18.2 Å². The molecule has 0 fully saturated rings. The van der Waals surface area contributed by atoms with Gasteiger partial charge < -0.3 is 10.4 Å². The number of alkyl halides is 2. The minimum Gasteiger partial charge on any atom is -0.481 e. The van der Waals surface area contributed by atoms with Gasteiger partial charge in [-0.05, 0) is 18.6 Å². The third-order valence-corrected chi connectivity index (χ3v) is 4.28. The van der Waals surface area contributed by atoms with E-state index in [4.69, 9.17) is 5.11 Å². The van der Waals surface area contributed by atoms with E-state index in [2.05, 4.69) is 5.32 Å². The summed E-state index contributed by atoms with van der Waals surface area (Å²) in [5.41, 5.74) is -0.00231. The van der Waals surface area contributed by atoms with Gasteiger partial charge in [-0.2, -0.15) is 8.78 Å². The van der Waals surface area contributed by atoms with Gasteiger partial charge in [0, 0.05) is 6.04 Å². The zero-order chi connectivity index (χ0) is 16.0. The summed E-state index contributed by atoms with van der Waals surface area (Å²) < 4.78 is 48.5. The summed E-state index contributed by atoms with van der Waals surface area (Å²) in [7, 11) is -4.74. The minimum absolute atomic E-state index is 0.00231. The van der Waals surface area contributed by atoms with E-state index in [0.29, 0.717) is 12.8 Å². The number of para-hydroxylation sites is 1. The van der Waals surface area contributed by atoms with Crippen LogP contribution in [0.3, 0.4) is 0 Å². The lowest BCUT2D eigenvalue weighted by molar-refractivity contribution is -0.137. The molecular weight excluding hydrogens is 304 g/mol. The predicted molar refractivity (Wildman–Crippen MR) is 74.2 cm³/mol. The molecule has 0 aliphatic carbocycles. The highest BCUT2D eigenvalue weighted by molar-refractivity contribution is 7.91. The van der Waals surface area contributed by atoms with Crippen molar-refractivity contribution in [2.45, 2.75) is 42.9 Å². The van der Waals surface area contributed by atoms with Crippen LogP contribution >= 0.6 is 0 Å². The molecule has 8 heteroatoms. The number of sulfone groups is 1. The molecule has 1 aromatic rings. The van der Waals surface area contributed by atoms with Crippen LogP contribution in [0.25, 0.3) is 0 Å². The van der Waals surface area contributed by atoms with Crippen molar-refractivity contribution in [3.63, 3.8) is 0 Å². The average molecular weight is 321 g/mol. The van der Waals surface area contributed by atoms with E-state index >= 15 is 0 Å². The van der Waals surface area contributed by atoms with Crippen molar-refractivity contribution < 1.29 is 27.1 Å². The Morgan fingerprint density at radius 1 is 1.33 bits per heavy atom. The third kappa shape index (κ3) is 4.66. The minimum atomic E-state index is -4.74. The summed E-state index contributed by atoms with van der Waals surface area (Å²) >= 11 is 0. The van der Waals surface area contributed by atoms with E-state index < -0.39 is 32.5 Å². The maximum absolute atomic E-state index is 12.7. The highest BCUT2D eigenvalue weighted by Crippen LogP contribution is 2.27. The maximum atomic E-state index is 12.7. The first-order chi connectivity index (χ1) is 9.78. The first-order valence-corrected chi connectivity index (χ1v) is 7.93. The lowest BCUT2D eigenvalue weighted by Gasteiger charge is -2.19. The van der Waals surface area contributed by atoms with Gasteiger partial charge in [-0.15, -0.1) is 0 Å². The van der Waals surface area contributed by atoms with Crippen LogP contribution in [-0.2, 0) is 14.6 Å². The van der Waals surface area contributed by atoms with Crippen LogP contribution in [0.2, 0.25) is 0 Å². The van der Waals surface area contributed by atoms with Gasteiger partial charge in [0.2, 0.25) is 9.84 Å². The highest BCUT2D eigenvalue weighted by atomic mass is 32.2. The number of benzene rings is 1. The van der Waals surface area contributed by atoms with Gasteiger partial charge in [0.05, 0.1) is 17.0 Å². The fraction of sp³-hybridized carbons (Fsp3) is 0.462. The molecule has 0 spiro atoms. The number of rotatable bonds is 8. The molecule has 0 bridgehead atoms. The zero-order valence-corrected chi connectivity index (χ0v) is 12.2. The molecule has 1 rings (SSSR count). The standard InChI is InChI=1S/C13H17F2NO4S/c1-2-5-9(8-12(17)18)16-10-6-3-4-7-11(10)21(19,20)13(14)15/h3-4,6-7,9,13,16H,2,5,8H2,1H3,(H,17,18). The fourth-order valence-corrected chi connectivity index (χ4v) is 2.83. The molecule has 0 heterocycles. The largest absolute Gasteiger partial charge is 0.481 e. The molecule has 0 saturated heterocycles. The summed E-state index contributed by atoms with van der Waals surface area (Å²) in [6.45, 7) is 1.85. The average Bonchev–Trinajstić information content (AvgIpc) is 2.38. The molecule has 0 aromatic heterocycles. The molecule has 0 aliphatic heterocycles. The third-order valence-electron chi connectivity index (χ3n) is 2.85. The second-order valence-electron chi connectivity index (χ2n) is 4.53. The van der Waals surface area contributed by atoms with E-state index in [1.54, 1.807) is 0 Å². The lowest BCUT2D eigenvalue weighted by Crippen LogP contribution is -2.24. The van der Waals surface area contributed by atoms with Crippen LogP contribution in [0, 0.1) is 0 Å². The van der Waals surface area contributed by atoms with Crippen molar-refractivity contribution >= 4 is 21.5 Å². The first kappa shape index (κ1) is 17.4.